The van der Waals surface area contributed by atoms with Crippen LogP contribution >= 0.6 is 30.5 Å². The maximum absolute atomic E-state index is 5.86. The zero-order valence-corrected chi connectivity index (χ0v) is 19.3. The van der Waals surface area contributed by atoms with Crippen LogP contribution in [0.15, 0.2) is 91.0 Å². The summed E-state index contributed by atoms with van der Waals surface area (Å²) in [5.74, 6) is 0. The molecule has 0 saturated heterocycles. The van der Waals surface area contributed by atoms with Gasteiger partial charge in [0, 0.05) is 0 Å². The van der Waals surface area contributed by atoms with E-state index in [0.717, 1.165) is 12.6 Å². The molecule has 4 nitrogen and oxygen atoms in total. The van der Waals surface area contributed by atoms with Crippen LogP contribution < -0.4 is 20.7 Å². The molecule has 0 saturated carbocycles. The summed E-state index contributed by atoms with van der Waals surface area (Å²) in [7, 11) is -2.27. The number of hydrogen-bond donors (Lipinski definition) is 0. The van der Waals surface area contributed by atoms with Crippen molar-refractivity contribution in [1.29, 1.82) is 0 Å². The Hall–Kier alpha value is -2.52. The Morgan fingerprint density at radius 2 is 1.03 bits per heavy atom. The van der Waals surface area contributed by atoms with E-state index in [1.165, 1.54) is 15.9 Å². The van der Waals surface area contributed by atoms with Crippen molar-refractivity contribution in [3.8, 4) is 6.01 Å². The van der Waals surface area contributed by atoms with Crippen LogP contribution in [0.1, 0.15) is 6.42 Å². The molecular weight excluding hydrogens is 448 g/mol. The Bertz CT molecular complexity index is 999. The van der Waals surface area contributed by atoms with Gasteiger partial charge in [0.2, 0.25) is 0 Å². The van der Waals surface area contributed by atoms with Gasteiger partial charge in [-0.1, -0.05) is 0 Å². The van der Waals surface area contributed by atoms with Gasteiger partial charge in [0.1, 0.15) is 0 Å². The second-order valence-corrected chi connectivity index (χ2v) is 11.8. The molecule has 0 aliphatic carbocycles. The minimum absolute atomic E-state index is 0.0246. The van der Waals surface area contributed by atoms with Crippen LogP contribution in [0.5, 0.6) is 6.01 Å². The number of halogens is 2. The van der Waals surface area contributed by atoms with Gasteiger partial charge in [0.15, 0.2) is 0 Å². The summed E-state index contributed by atoms with van der Waals surface area (Å²) in [4.78, 5) is 11.7. The Morgan fingerprint density at radius 1 is 0.613 bits per heavy atom. The van der Waals surface area contributed by atoms with Crippen molar-refractivity contribution in [3.63, 3.8) is 0 Å². The van der Waals surface area contributed by atoms with Crippen LogP contribution in [0.3, 0.4) is 0 Å². The molecule has 0 atom stereocenters. The number of benzene rings is 3. The van der Waals surface area contributed by atoms with Crippen molar-refractivity contribution < 1.29 is 4.74 Å². The van der Waals surface area contributed by atoms with Crippen LogP contribution in [0.25, 0.3) is 0 Å². The van der Waals surface area contributed by atoms with Crippen molar-refractivity contribution >= 4 is 46.4 Å². The van der Waals surface area contributed by atoms with Crippen molar-refractivity contribution in [2.24, 2.45) is 0 Å². The summed E-state index contributed by atoms with van der Waals surface area (Å²) < 4.78 is 5.76. The number of rotatable bonds is 8. The monoisotopic (exact) mass is 469 g/mol. The van der Waals surface area contributed by atoms with Gasteiger partial charge in [-0.25, -0.2) is 0 Å². The molecule has 7 heteroatoms. The van der Waals surface area contributed by atoms with Gasteiger partial charge < -0.3 is 0 Å². The fraction of sp³-hybridized carbons (Fsp3) is 0.125. The van der Waals surface area contributed by atoms with Crippen LogP contribution in [0.4, 0.5) is 0 Å². The first kappa shape index (κ1) is 21.7. The summed E-state index contributed by atoms with van der Waals surface area (Å²) in [5, 5.41) is 4.17. The molecule has 4 rings (SSSR count). The first-order chi connectivity index (χ1) is 15.2. The Labute approximate surface area is 192 Å². The maximum atomic E-state index is 5.86. The zero-order chi connectivity index (χ0) is 21.5. The third kappa shape index (κ3) is 5.04. The third-order valence-corrected chi connectivity index (χ3v) is 10.7. The average molecular weight is 470 g/mol. The topological polar surface area (TPSA) is 47.9 Å². The molecule has 0 spiro atoms. The van der Waals surface area contributed by atoms with Crippen LogP contribution in [-0.4, -0.2) is 27.7 Å². The molecule has 0 radical (unpaired) electrons. The number of aromatic nitrogens is 3. The molecule has 0 bridgehead atoms. The molecule has 1 aromatic heterocycles. The van der Waals surface area contributed by atoms with Gasteiger partial charge in [-0.2, -0.15) is 0 Å². The predicted molar refractivity (Wildman–Crippen MR) is 131 cm³/mol. The normalized spacial score (nSPS) is 11.8. The summed E-state index contributed by atoms with van der Waals surface area (Å²) in [5.41, 5.74) is 0. The van der Waals surface area contributed by atoms with Crippen molar-refractivity contribution in [2.45, 2.75) is 6.42 Å². The summed E-state index contributed by atoms with van der Waals surface area (Å²) in [6.45, 7) is 0.456. The van der Waals surface area contributed by atoms with E-state index in [1.54, 1.807) is 0 Å². The molecule has 1 heterocycles. The molecule has 4 aromatic rings. The van der Waals surface area contributed by atoms with Gasteiger partial charge in [-0.3, -0.25) is 0 Å². The van der Waals surface area contributed by atoms with Gasteiger partial charge >= 0.3 is 193 Å². The van der Waals surface area contributed by atoms with E-state index in [-0.39, 0.29) is 16.6 Å². The van der Waals surface area contributed by atoms with Crippen molar-refractivity contribution in [1.82, 2.24) is 15.0 Å². The van der Waals surface area contributed by atoms with E-state index in [1.807, 2.05) is 0 Å². The second kappa shape index (κ2) is 10.2. The molecule has 158 valence electrons. The standard InChI is InChI=1S/C24H22Cl2N3OP/c25-22-27-23(26)29-24(28-22)30-17-10-18-31(19-11-4-1-5-12-19,20-13-6-2-7-14-20)21-15-8-3-9-16-21/h1-9,11-16,31H,10,17-18H2. The van der Waals surface area contributed by atoms with E-state index in [2.05, 4.69) is 106 Å². The SMILES string of the molecule is Clc1nc(Cl)nc(OCCC[PH](c2ccccc2)(c2ccccc2)c2ccccc2)n1. The molecular formula is C24H22Cl2N3OP. The molecule has 3 aromatic carbocycles. The van der Waals surface area contributed by atoms with E-state index in [0.29, 0.717) is 6.61 Å². The van der Waals surface area contributed by atoms with Crippen molar-refractivity contribution in [2.75, 3.05) is 12.8 Å². The number of nitrogens with zero attached hydrogens (tertiary/aromatic N) is 3. The summed E-state index contributed by atoms with van der Waals surface area (Å²) in [6, 6.07) is 32.6. The average Bonchev–Trinajstić information content (AvgIpc) is 2.80. The second-order valence-electron chi connectivity index (χ2n) is 7.11. The molecule has 0 amide bonds. The predicted octanol–water partition coefficient (Wildman–Crippen LogP) is 4.67. The fourth-order valence-corrected chi connectivity index (χ4v) is 9.15. The molecule has 0 aliphatic rings. The quantitative estimate of drug-likeness (QED) is 0.277. The molecule has 0 unspecified atom stereocenters. The Balaban J connectivity index is 1.67. The van der Waals surface area contributed by atoms with Crippen molar-refractivity contribution in [3.05, 3.63) is 102 Å². The molecule has 0 aliphatic heterocycles. The van der Waals surface area contributed by atoms with Gasteiger partial charge in [-0.15, -0.1) is 0 Å². The molecule has 31 heavy (non-hydrogen) atoms. The Kier molecular flexibility index (Phi) is 7.14. The van der Waals surface area contributed by atoms with Gasteiger partial charge in [0.25, 0.3) is 0 Å². The number of ether oxygens (including phenoxy) is 1. The Morgan fingerprint density at radius 3 is 1.45 bits per heavy atom. The number of hydrogen-bond acceptors (Lipinski definition) is 4. The minimum atomic E-state index is -2.27. The fourth-order valence-electron chi connectivity index (χ4n) is 3.98. The summed E-state index contributed by atoms with van der Waals surface area (Å²) >= 11 is 11.7. The van der Waals surface area contributed by atoms with E-state index < -0.39 is 7.26 Å². The molecule has 0 N–H and O–H groups in total. The first-order valence-electron chi connectivity index (χ1n) is 10.0. The van der Waals surface area contributed by atoms with Crippen LogP contribution in [0, 0.1) is 0 Å². The van der Waals surface area contributed by atoms with E-state index in [9.17, 15) is 0 Å². The van der Waals surface area contributed by atoms with Crippen LogP contribution in [0.2, 0.25) is 10.6 Å². The van der Waals surface area contributed by atoms with E-state index in [4.69, 9.17) is 27.9 Å². The van der Waals surface area contributed by atoms with Crippen LogP contribution in [-0.2, 0) is 0 Å². The van der Waals surface area contributed by atoms with E-state index >= 15 is 0 Å². The third-order valence-electron chi connectivity index (χ3n) is 5.29. The van der Waals surface area contributed by atoms with Gasteiger partial charge in [-0.05, 0) is 0 Å². The summed E-state index contributed by atoms with van der Waals surface area (Å²) in [6.07, 6.45) is 1.80. The zero-order valence-electron chi connectivity index (χ0n) is 16.8. The van der Waals surface area contributed by atoms with Gasteiger partial charge in [0.05, 0.1) is 0 Å². The molecule has 0 fully saturated rings. The first-order valence-corrected chi connectivity index (χ1v) is 13.0.